The minimum absolute atomic E-state index is 0.0967. The Labute approximate surface area is 130 Å². The van der Waals surface area contributed by atoms with Gasteiger partial charge < -0.3 is 9.64 Å². The Morgan fingerprint density at radius 3 is 2.45 bits per heavy atom. The average Bonchev–Trinajstić information content (AvgIpc) is 2.71. The molecule has 4 nitrogen and oxygen atoms in total. The first-order chi connectivity index (χ1) is 10.3. The fourth-order valence-corrected chi connectivity index (χ4v) is 3.64. The Morgan fingerprint density at radius 1 is 1.32 bits per heavy atom. The fourth-order valence-electron chi connectivity index (χ4n) is 3.64. The van der Waals surface area contributed by atoms with Crippen LogP contribution in [0.2, 0.25) is 0 Å². The third-order valence-corrected chi connectivity index (χ3v) is 4.47. The fraction of sp³-hybridized carbons (Fsp3) is 0.647. The van der Waals surface area contributed by atoms with Crippen molar-refractivity contribution in [1.29, 1.82) is 0 Å². The van der Waals surface area contributed by atoms with E-state index in [-0.39, 0.29) is 18.2 Å². The molecule has 0 radical (unpaired) electrons. The molecule has 2 unspecified atom stereocenters. The van der Waals surface area contributed by atoms with E-state index in [2.05, 4.69) is 4.98 Å². The second-order valence-electron chi connectivity index (χ2n) is 7.36. The predicted octanol–water partition coefficient (Wildman–Crippen LogP) is 3.81. The molecule has 2 fully saturated rings. The first-order valence-electron chi connectivity index (χ1n) is 7.90. The minimum Gasteiger partial charge on any atom is -0.444 e. The van der Waals surface area contributed by atoms with Gasteiger partial charge in [-0.25, -0.2) is 9.18 Å². The lowest BCUT2D eigenvalue weighted by atomic mass is 9.85. The zero-order valence-corrected chi connectivity index (χ0v) is 13.4. The summed E-state index contributed by atoms with van der Waals surface area (Å²) < 4.78 is 20.9. The summed E-state index contributed by atoms with van der Waals surface area (Å²) in [5.41, 5.74) is -1.48. The lowest BCUT2D eigenvalue weighted by Gasteiger charge is -2.42. The molecular weight excluding hydrogens is 283 g/mol. The topological polar surface area (TPSA) is 42.4 Å². The molecule has 3 heterocycles. The highest BCUT2D eigenvalue weighted by atomic mass is 19.1. The molecule has 2 aliphatic heterocycles. The number of piperidine rings is 1. The Balaban J connectivity index is 1.78. The van der Waals surface area contributed by atoms with Gasteiger partial charge in [-0.2, -0.15) is 0 Å². The van der Waals surface area contributed by atoms with Crippen molar-refractivity contribution in [3.05, 3.63) is 30.1 Å². The van der Waals surface area contributed by atoms with Crippen molar-refractivity contribution < 1.29 is 13.9 Å². The van der Waals surface area contributed by atoms with Crippen LogP contribution < -0.4 is 0 Å². The van der Waals surface area contributed by atoms with Crippen molar-refractivity contribution in [2.75, 3.05) is 0 Å². The van der Waals surface area contributed by atoms with Crippen molar-refractivity contribution in [2.24, 2.45) is 0 Å². The molecule has 3 rings (SSSR count). The van der Waals surface area contributed by atoms with Crippen LogP contribution in [-0.2, 0) is 10.4 Å². The molecule has 0 N–H and O–H groups in total. The summed E-state index contributed by atoms with van der Waals surface area (Å²) in [4.78, 5) is 18.3. The first kappa shape index (κ1) is 15.3. The average molecular weight is 306 g/mol. The van der Waals surface area contributed by atoms with Gasteiger partial charge in [0.15, 0.2) is 5.67 Å². The van der Waals surface area contributed by atoms with Crippen molar-refractivity contribution in [3.8, 4) is 0 Å². The van der Waals surface area contributed by atoms with E-state index >= 15 is 4.39 Å². The van der Waals surface area contributed by atoms with Crippen LogP contribution in [0.5, 0.6) is 0 Å². The van der Waals surface area contributed by atoms with E-state index in [0.29, 0.717) is 18.5 Å². The Hall–Kier alpha value is -1.65. The number of fused-ring (bicyclic) bond motifs is 2. The van der Waals surface area contributed by atoms with E-state index in [1.54, 1.807) is 23.2 Å². The van der Waals surface area contributed by atoms with Crippen LogP contribution in [0.15, 0.2) is 24.4 Å². The van der Waals surface area contributed by atoms with Crippen LogP contribution in [0.3, 0.4) is 0 Å². The Morgan fingerprint density at radius 2 is 1.95 bits per heavy atom. The summed E-state index contributed by atoms with van der Waals surface area (Å²) in [5.74, 6) is 0. The molecule has 120 valence electrons. The molecule has 0 aliphatic carbocycles. The summed E-state index contributed by atoms with van der Waals surface area (Å²) in [6.07, 6.45) is 3.59. The SMILES string of the molecule is CC(C)(C)OC(=O)N1C2CCC1CC(F)(c1ccccn1)C2. The lowest BCUT2D eigenvalue weighted by Crippen LogP contribution is -2.52. The monoisotopic (exact) mass is 306 g/mol. The highest BCUT2D eigenvalue weighted by molar-refractivity contribution is 5.69. The van der Waals surface area contributed by atoms with Gasteiger partial charge in [0.25, 0.3) is 0 Å². The van der Waals surface area contributed by atoms with Crippen LogP contribution in [0.4, 0.5) is 9.18 Å². The second kappa shape index (κ2) is 5.21. The van der Waals surface area contributed by atoms with Gasteiger partial charge in [-0.05, 0) is 45.7 Å². The van der Waals surface area contributed by atoms with E-state index in [1.165, 1.54) is 0 Å². The van der Waals surface area contributed by atoms with E-state index in [1.807, 2.05) is 26.8 Å². The quantitative estimate of drug-likeness (QED) is 0.792. The van der Waals surface area contributed by atoms with Gasteiger partial charge in [-0.15, -0.1) is 0 Å². The maximum atomic E-state index is 15.4. The minimum atomic E-state index is -1.44. The van der Waals surface area contributed by atoms with Gasteiger partial charge in [0.1, 0.15) is 5.60 Å². The number of hydrogen-bond donors (Lipinski definition) is 0. The Bertz CT molecular complexity index is 542. The van der Waals surface area contributed by atoms with Gasteiger partial charge in [-0.3, -0.25) is 4.98 Å². The van der Waals surface area contributed by atoms with E-state index in [4.69, 9.17) is 4.74 Å². The van der Waals surface area contributed by atoms with Gasteiger partial charge >= 0.3 is 6.09 Å². The molecule has 1 aromatic heterocycles. The number of ether oxygens (including phenoxy) is 1. The van der Waals surface area contributed by atoms with Crippen molar-refractivity contribution in [1.82, 2.24) is 9.88 Å². The van der Waals surface area contributed by atoms with Crippen molar-refractivity contribution in [2.45, 2.75) is 69.8 Å². The summed E-state index contributed by atoms with van der Waals surface area (Å²) in [6.45, 7) is 5.55. The summed E-state index contributed by atoms with van der Waals surface area (Å²) >= 11 is 0. The molecule has 0 aromatic carbocycles. The zero-order valence-electron chi connectivity index (χ0n) is 13.4. The predicted molar refractivity (Wildman–Crippen MR) is 81.1 cm³/mol. The smallest absolute Gasteiger partial charge is 0.410 e. The largest absolute Gasteiger partial charge is 0.444 e. The summed E-state index contributed by atoms with van der Waals surface area (Å²) in [7, 11) is 0. The summed E-state index contributed by atoms with van der Waals surface area (Å²) in [6, 6.07) is 5.15. The summed E-state index contributed by atoms with van der Waals surface area (Å²) in [5, 5.41) is 0. The van der Waals surface area contributed by atoms with Gasteiger partial charge in [0.2, 0.25) is 0 Å². The molecule has 5 heteroatoms. The molecule has 1 aromatic rings. The molecule has 0 saturated carbocycles. The van der Waals surface area contributed by atoms with E-state index in [9.17, 15) is 4.79 Å². The van der Waals surface area contributed by atoms with Crippen molar-refractivity contribution >= 4 is 6.09 Å². The Kier molecular flexibility index (Phi) is 3.62. The number of pyridine rings is 1. The maximum Gasteiger partial charge on any atom is 0.410 e. The molecule has 0 spiro atoms. The second-order valence-corrected chi connectivity index (χ2v) is 7.36. The molecular formula is C17H23FN2O2. The van der Waals surface area contributed by atoms with Crippen LogP contribution in [0.25, 0.3) is 0 Å². The number of aromatic nitrogens is 1. The lowest BCUT2D eigenvalue weighted by molar-refractivity contribution is -0.0243. The molecule has 2 aliphatic rings. The highest BCUT2D eigenvalue weighted by Crippen LogP contribution is 2.47. The van der Waals surface area contributed by atoms with Crippen LogP contribution in [0, 0.1) is 0 Å². The van der Waals surface area contributed by atoms with Gasteiger partial charge in [-0.1, -0.05) is 6.07 Å². The van der Waals surface area contributed by atoms with E-state index < -0.39 is 11.3 Å². The number of halogens is 1. The normalized spacial score (nSPS) is 31.2. The third-order valence-electron chi connectivity index (χ3n) is 4.47. The number of rotatable bonds is 1. The van der Waals surface area contributed by atoms with Crippen LogP contribution >= 0.6 is 0 Å². The maximum absolute atomic E-state index is 15.4. The number of hydrogen-bond acceptors (Lipinski definition) is 3. The molecule has 22 heavy (non-hydrogen) atoms. The van der Waals surface area contributed by atoms with Crippen molar-refractivity contribution in [3.63, 3.8) is 0 Å². The number of carbonyl (C=O) groups excluding carboxylic acids is 1. The highest BCUT2D eigenvalue weighted by Gasteiger charge is 2.52. The van der Waals surface area contributed by atoms with E-state index in [0.717, 1.165) is 12.8 Å². The molecule has 1 amide bonds. The van der Waals surface area contributed by atoms with Crippen LogP contribution in [-0.4, -0.2) is 33.7 Å². The van der Waals surface area contributed by atoms with Crippen LogP contribution in [0.1, 0.15) is 52.1 Å². The molecule has 2 saturated heterocycles. The third kappa shape index (κ3) is 2.81. The standard InChI is InChI=1S/C17H23FN2O2/c1-16(2,3)22-15(21)20-12-7-8-13(20)11-17(18,10-12)14-6-4-5-9-19-14/h4-6,9,12-13H,7-8,10-11H2,1-3H3. The first-order valence-corrected chi connectivity index (χ1v) is 7.90. The zero-order chi connectivity index (χ0) is 16.0. The van der Waals surface area contributed by atoms with Gasteiger partial charge in [0.05, 0.1) is 5.69 Å². The number of carbonyl (C=O) groups is 1. The van der Waals surface area contributed by atoms with Gasteiger partial charge in [0, 0.05) is 31.1 Å². The molecule has 2 bridgehead atoms. The number of amides is 1. The molecule has 2 atom stereocenters. The number of nitrogens with zero attached hydrogens (tertiary/aromatic N) is 2. The number of alkyl halides is 1.